The second kappa shape index (κ2) is 7.02. The lowest BCUT2D eigenvalue weighted by Crippen LogP contribution is -2.49. The van der Waals surface area contributed by atoms with Crippen molar-refractivity contribution in [3.8, 4) is 0 Å². The summed E-state index contributed by atoms with van der Waals surface area (Å²) in [6.45, 7) is 5.38. The van der Waals surface area contributed by atoms with Crippen LogP contribution in [-0.4, -0.2) is 56.8 Å². The van der Waals surface area contributed by atoms with Gasteiger partial charge in [-0.1, -0.05) is 18.2 Å². The number of hydrogen-bond donors (Lipinski definition) is 0. The molecule has 3 aromatic rings. The quantitative estimate of drug-likeness (QED) is 0.657. The van der Waals surface area contributed by atoms with Gasteiger partial charge in [0.25, 0.3) is 11.7 Å². The van der Waals surface area contributed by atoms with Gasteiger partial charge in [0.05, 0.1) is 0 Å². The zero-order valence-corrected chi connectivity index (χ0v) is 15.9. The highest BCUT2D eigenvalue weighted by atomic mass is 19.4. The van der Waals surface area contributed by atoms with E-state index in [4.69, 9.17) is 0 Å². The number of carbonyl (C=O) groups is 1. The number of aryl methyl sites for hydroxylation is 1. The number of anilines is 1. The minimum Gasteiger partial charge on any atom is -0.351 e. The number of amides is 1. The Labute approximate surface area is 164 Å². The van der Waals surface area contributed by atoms with Crippen molar-refractivity contribution in [2.75, 3.05) is 31.1 Å². The summed E-state index contributed by atoms with van der Waals surface area (Å²) in [6.07, 6.45) is -4.65. The molecular weight excluding hydrogens is 385 g/mol. The maximum atomic E-state index is 13.2. The van der Waals surface area contributed by atoms with Gasteiger partial charge >= 0.3 is 6.18 Å². The number of nitrogens with zero attached hydrogens (tertiary/aromatic N) is 6. The second-order valence-electron chi connectivity index (χ2n) is 6.98. The minimum absolute atomic E-state index is 0.0558. The second-order valence-corrected chi connectivity index (χ2v) is 6.98. The highest BCUT2D eigenvalue weighted by Gasteiger charge is 2.38. The molecule has 152 valence electrons. The van der Waals surface area contributed by atoms with E-state index in [-0.39, 0.29) is 11.6 Å². The summed E-state index contributed by atoms with van der Waals surface area (Å²) in [5.74, 6) is -0.749. The molecule has 4 rings (SSSR count). The number of halogens is 3. The smallest absolute Gasteiger partial charge is 0.351 e. The van der Waals surface area contributed by atoms with E-state index in [1.807, 2.05) is 23.1 Å². The molecule has 0 spiro atoms. The van der Waals surface area contributed by atoms with Gasteiger partial charge < -0.3 is 9.80 Å². The SMILES string of the molecule is Cc1c(N2CCN(C(=O)c3ccccc3)CC2)nn2c(C(F)(F)F)nnc2c1C. The summed E-state index contributed by atoms with van der Waals surface area (Å²) in [4.78, 5) is 16.2. The highest BCUT2D eigenvalue weighted by Crippen LogP contribution is 2.30. The Morgan fingerprint density at radius 2 is 1.62 bits per heavy atom. The van der Waals surface area contributed by atoms with E-state index in [9.17, 15) is 18.0 Å². The van der Waals surface area contributed by atoms with E-state index in [2.05, 4.69) is 15.3 Å². The number of fused-ring (bicyclic) bond motifs is 1. The number of aromatic nitrogens is 4. The van der Waals surface area contributed by atoms with Crippen LogP contribution >= 0.6 is 0 Å². The molecule has 2 aromatic heterocycles. The van der Waals surface area contributed by atoms with Gasteiger partial charge in [0, 0.05) is 42.9 Å². The lowest BCUT2D eigenvalue weighted by atomic mass is 10.1. The van der Waals surface area contributed by atoms with Gasteiger partial charge in [-0.25, -0.2) is 0 Å². The predicted molar refractivity (Wildman–Crippen MR) is 99.8 cm³/mol. The average molecular weight is 404 g/mol. The highest BCUT2D eigenvalue weighted by molar-refractivity contribution is 5.94. The lowest BCUT2D eigenvalue weighted by molar-refractivity contribution is -0.146. The van der Waals surface area contributed by atoms with Crippen LogP contribution in [-0.2, 0) is 6.18 Å². The first-order chi connectivity index (χ1) is 13.8. The normalized spacial score (nSPS) is 15.2. The molecule has 0 radical (unpaired) electrons. The van der Waals surface area contributed by atoms with Crippen molar-refractivity contribution in [1.29, 1.82) is 0 Å². The fourth-order valence-corrected chi connectivity index (χ4v) is 3.48. The Hall–Kier alpha value is -3.17. The van der Waals surface area contributed by atoms with Crippen molar-refractivity contribution in [3.05, 3.63) is 52.8 Å². The van der Waals surface area contributed by atoms with Gasteiger partial charge in [-0.3, -0.25) is 4.79 Å². The van der Waals surface area contributed by atoms with Crippen molar-refractivity contribution in [2.24, 2.45) is 0 Å². The third kappa shape index (κ3) is 3.39. The molecule has 0 saturated carbocycles. The number of carbonyl (C=O) groups excluding carboxylic acids is 1. The standard InChI is InChI=1S/C19H19F3N6O/c1-12-13(2)16(25-28-15(12)23-24-18(28)19(20,21)22)26-8-10-27(11-9-26)17(29)14-6-4-3-5-7-14/h3-7H,8-11H2,1-2H3. The van der Waals surface area contributed by atoms with Crippen molar-refractivity contribution >= 4 is 17.4 Å². The molecule has 1 aromatic carbocycles. The Morgan fingerprint density at radius 3 is 2.24 bits per heavy atom. The molecule has 1 saturated heterocycles. The van der Waals surface area contributed by atoms with Crippen LogP contribution in [0.3, 0.4) is 0 Å². The van der Waals surface area contributed by atoms with Crippen molar-refractivity contribution in [1.82, 2.24) is 24.7 Å². The number of rotatable bonds is 2. The summed E-state index contributed by atoms with van der Waals surface area (Å²) in [7, 11) is 0. The monoisotopic (exact) mass is 404 g/mol. The average Bonchev–Trinajstić information content (AvgIpc) is 3.16. The first-order valence-electron chi connectivity index (χ1n) is 9.16. The van der Waals surface area contributed by atoms with Crippen molar-refractivity contribution < 1.29 is 18.0 Å². The van der Waals surface area contributed by atoms with E-state index < -0.39 is 12.0 Å². The van der Waals surface area contributed by atoms with Crippen molar-refractivity contribution in [2.45, 2.75) is 20.0 Å². The molecule has 0 atom stereocenters. The molecule has 10 heteroatoms. The molecule has 1 amide bonds. The number of alkyl halides is 3. The molecule has 3 heterocycles. The largest absolute Gasteiger partial charge is 0.453 e. The van der Waals surface area contributed by atoms with E-state index in [0.29, 0.717) is 43.1 Å². The van der Waals surface area contributed by atoms with Crippen LogP contribution in [0.4, 0.5) is 19.0 Å². The molecule has 1 fully saturated rings. The molecule has 29 heavy (non-hydrogen) atoms. The molecule has 7 nitrogen and oxygen atoms in total. The maximum absolute atomic E-state index is 13.2. The summed E-state index contributed by atoms with van der Waals surface area (Å²) >= 11 is 0. The zero-order chi connectivity index (χ0) is 20.8. The minimum atomic E-state index is -4.65. The summed E-state index contributed by atoms with van der Waals surface area (Å²) < 4.78 is 40.5. The van der Waals surface area contributed by atoms with Crippen LogP contribution in [0.25, 0.3) is 5.65 Å². The molecule has 0 aliphatic carbocycles. The first kappa shape index (κ1) is 19.2. The molecule has 0 N–H and O–H groups in total. The van der Waals surface area contributed by atoms with Crippen LogP contribution < -0.4 is 4.90 Å². The molecule has 0 unspecified atom stereocenters. The first-order valence-corrected chi connectivity index (χ1v) is 9.16. The third-order valence-electron chi connectivity index (χ3n) is 5.21. The predicted octanol–water partition coefficient (Wildman–Crippen LogP) is 2.72. The van der Waals surface area contributed by atoms with Gasteiger partial charge in [0.1, 0.15) is 0 Å². The Kier molecular flexibility index (Phi) is 4.64. The van der Waals surface area contributed by atoms with Crippen LogP contribution in [0.5, 0.6) is 0 Å². The molecular formula is C19H19F3N6O. The topological polar surface area (TPSA) is 66.6 Å². The van der Waals surface area contributed by atoms with Crippen LogP contribution in [0.1, 0.15) is 27.3 Å². The van der Waals surface area contributed by atoms with E-state index in [1.54, 1.807) is 30.9 Å². The zero-order valence-electron chi connectivity index (χ0n) is 15.9. The summed E-state index contributed by atoms with van der Waals surface area (Å²) in [5.41, 5.74) is 2.06. The van der Waals surface area contributed by atoms with Crippen LogP contribution in [0, 0.1) is 13.8 Å². The Balaban J connectivity index is 1.60. The number of benzene rings is 1. The summed E-state index contributed by atoms with van der Waals surface area (Å²) in [5, 5.41) is 11.1. The molecule has 1 aliphatic rings. The number of hydrogen-bond acceptors (Lipinski definition) is 5. The number of piperazine rings is 1. The molecule has 0 bridgehead atoms. The van der Waals surface area contributed by atoms with E-state index in [1.165, 1.54) is 0 Å². The maximum Gasteiger partial charge on any atom is 0.453 e. The lowest BCUT2D eigenvalue weighted by Gasteiger charge is -2.36. The van der Waals surface area contributed by atoms with Crippen molar-refractivity contribution in [3.63, 3.8) is 0 Å². The third-order valence-corrected chi connectivity index (χ3v) is 5.21. The fraction of sp³-hybridized carbons (Fsp3) is 0.368. The van der Waals surface area contributed by atoms with Gasteiger partial charge in [-0.2, -0.15) is 17.7 Å². The Morgan fingerprint density at radius 1 is 0.966 bits per heavy atom. The summed E-state index contributed by atoms with van der Waals surface area (Å²) in [6, 6.07) is 9.00. The van der Waals surface area contributed by atoms with Crippen LogP contribution in [0.15, 0.2) is 30.3 Å². The van der Waals surface area contributed by atoms with Gasteiger partial charge in [-0.05, 0) is 26.0 Å². The fourth-order valence-electron chi connectivity index (χ4n) is 3.48. The van der Waals surface area contributed by atoms with Gasteiger partial charge in [0.15, 0.2) is 11.5 Å². The van der Waals surface area contributed by atoms with Gasteiger partial charge in [-0.15, -0.1) is 15.3 Å². The van der Waals surface area contributed by atoms with Crippen LogP contribution in [0.2, 0.25) is 0 Å². The van der Waals surface area contributed by atoms with E-state index in [0.717, 1.165) is 10.1 Å². The Bertz CT molecular complexity index is 1060. The van der Waals surface area contributed by atoms with Gasteiger partial charge in [0.2, 0.25) is 0 Å². The molecule has 1 aliphatic heterocycles. The van der Waals surface area contributed by atoms with E-state index >= 15 is 0 Å².